The fraction of sp³-hybridized carbons (Fsp3) is 0.143. The van der Waals surface area contributed by atoms with Crippen LogP contribution in [0.25, 0.3) is 0 Å². The third-order valence-corrected chi connectivity index (χ3v) is 1.43. The largest absolute Gasteiger partial charge is 0.494 e. The molecule has 0 fully saturated rings. The van der Waals surface area contributed by atoms with Gasteiger partial charge in [0, 0.05) is 6.07 Å². The van der Waals surface area contributed by atoms with Gasteiger partial charge >= 0.3 is 0 Å². The van der Waals surface area contributed by atoms with Crippen molar-refractivity contribution in [3.8, 4) is 5.75 Å². The number of hydrazine groups is 3. The summed E-state index contributed by atoms with van der Waals surface area (Å²) in [4.78, 5) is 0. The van der Waals surface area contributed by atoms with Crippen molar-refractivity contribution >= 4 is 18.1 Å². The van der Waals surface area contributed by atoms with Gasteiger partial charge in [0.2, 0.25) is 0 Å². The van der Waals surface area contributed by atoms with Crippen molar-refractivity contribution in [3.05, 3.63) is 24.0 Å². The molecule has 80 valence electrons. The summed E-state index contributed by atoms with van der Waals surface area (Å²) in [5, 5.41) is 0. The Morgan fingerprint density at radius 1 is 1.43 bits per heavy atom. The van der Waals surface area contributed by atoms with E-state index in [-0.39, 0.29) is 18.2 Å². The summed E-state index contributed by atoms with van der Waals surface area (Å²) in [6, 6.07) is 4.33. The Hall–Kier alpha value is -1.08. The number of benzene rings is 1. The molecule has 0 aromatic heterocycles. The summed E-state index contributed by atoms with van der Waals surface area (Å²) in [5.41, 5.74) is 7.91. The lowest BCUT2D eigenvalue weighted by atomic mass is 10.3. The molecule has 0 saturated carbocycles. The van der Waals surface area contributed by atoms with Crippen LogP contribution in [-0.4, -0.2) is 7.11 Å². The van der Waals surface area contributed by atoms with Crippen LogP contribution in [0.2, 0.25) is 0 Å². The zero-order valence-electron chi connectivity index (χ0n) is 7.50. The first kappa shape index (κ1) is 12.9. The molecule has 0 unspecified atom stereocenters. The number of methoxy groups -OCH3 is 1. The fourth-order valence-electron chi connectivity index (χ4n) is 0.846. The van der Waals surface area contributed by atoms with E-state index >= 15 is 0 Å². The van der Waals surface area contributed by atoms with E-state index in [0.717, 1.165) is 0 Å². The zero-order valence-corrected chi connectivity index (χ0v) is 8.32. The first-order chi connectivity index (χ1) is 6.27. The van der Waals surface area contributed by atoms with Gasteiger partial charge in [0.15, 0.2) is 11.6 Å². The molecule has 1 rings (SSSR count). The van der Waals surface area contributed by atoms with Gasteiger partial charge in [-0.05, 0) is 12.1 Å². The van der Waals surface area contributed by atoms with Crippen LogP contribution in [0.15, 0.2) is 18.2 Å². The van der Waals surface area contributed by atoms with E-state index in [0.29, 0.717) is 5.69 Å². The number of anilines is 1. The SMILES string of the molecule is COc1cc(NNNN)ccc1F.Cl. The number of nitrogens with one attached hydrogen (secondary N) is 3. The van der Waals surface area contributed by atoms with E-state index in [4.69, 9.17) is 10.6 Å². The summed E-state index contributed by atoms with van der Waals surface area (Å²) in [6.07, 6.45) is 0. The van der Waals surface area contributed by atoms with Gasteiger partial charge in [-0.1, -0.05) is 0 Å². The van der Waals surface area contributed by atoms with Crippen LogP contribution in [-0.2, 0) is 0 Å². The third-order valence-electron chi connectivity index (χ3n) is 1.43. The lowest BCUT2D eigenvalue weighted by Gasteiger charge is -2.08. The Balaban J connectivity index is 0.00000169. The Labute approximate surface area is 87.1 Å². The molecule has 0 aliphatic heterocycles. The molecular weight excluding hydrogens is 211 g/mol. The second-order valence-corrected chi connectivity index (χ2v) is 2.24. The molecule has 0 saturated heterocycles. The summed E-state index contributed by atoms with van der Waals surface area (Å²) < 4.78 is 17.6. The van der Waals surface area contributed by atoms with Gasteiger partial charge in [0.05, 0.1) is 12.8 Å². The van der Waals surface area contributed by atoms with E-state index in [2.05, 4.69) is 16.5 Å². The standard InChI is InChI=1S/C7H11FN4O.ClH/c1-13-7-4-5(10-12-11-9)2-3-6(7)8;/h2-4,10-12H,9H2,1H3;1H. The third kappa shape index (κ3) is 3.35. The van der Waals surface area contributed by atoms with E-state index in [1.54, 1.807) is 6.07 Å². The van der Waals surface area contributed by atoms with Gasteiger partial charge in [-0.3, -0.25) is 5.84 Å². The Bertz CT molecular complexity index is 286. The van der Waals surface area contributed by atoms with Gasteiger partial charge in [-0.2, -0.15) is 11.1 Å². The molecule has 0 aliphatic carbocycles. The summed E-state index contributed by atoms with van der Waals surface area (Å²) in [6.45, 7) is 0. The summed E-state index contributed by atoms with van der Waals surface area (Å²) in [7, 11) is 1.40. The molecule has 7 heteroatoms. The molecule has 0 aliphatic rings. The zero-order chi connectivity index (χ0) is 9.68. The first-order valence-corrected chi connectivity index (χ1v) is 3.58. The van der Waals surface area contributed by atoms with Gasteiger partial charge in [0.25, 0.3) is 0 Å². The molecule has 0 bridgehead atoms. The maximum Gasteiger partial charge on any atom is 0.165 e. The molecule has 1 aromatic carbocycles. The van der Waals surface area contributed by atoms with Crippen LogP contribution < -0.4 is 27.1 Å². The Morgan fingerprint density at radius 2 is 2.14 bits per heavy atom. The van der Waals surface area contributed by atoms with E-state index in [1.165, 1.54) is 19.2 Å². The van der Waals surface area contributed by atoms with Crippen LogP contribution in [0, 0.1) is 5.82 Å². The highest BCUT2D eigenvalue weighted by Crippen LogP contribution is 2.20. The smallest absolute Gasteiger partial charge is 0.165 e. The quantitative estimate of drug-likeness (QED) is 0.443. The molecule has 0 spiro atoms. The molecule has 1 aromatic rings. The van der Waals surface area contributed by atoms with E-state index < -0.39 is 5.82 Å². The monoisotopic (exact) mass is 222 g/mol. The van der Waals surface area contributed by atoms with Crippen molar-refractivity contribution in [1.29, 1.82) is 0 Å². The van der Waals surface area contributed by atoms with Crippen molar-refractivity contribution in [2.45, 2.75) is 0 Å². The molecule has 14 heavy (non-hydrogen) atoms. The number of rotatable bonds is 4. The average molecular weight is 223 g/mol. The Morgan fingerprint density at radius 3 is 2.71 bits per heavy atom. The average Bonchev–Trinajstić information content (AvgIpc) is 2.16. The lowest BCUT2D eigenvalue weighted by Crippen LogP contribution is -2.41. The van der Waals surface area contributed by atoms with E-state index in [1.807, 2.05) is 0 Å². The maximum absolute atomic E-state index is 12.9. The van der Waals surface area contributed by atoms with Crippen molar-refractivity contribution in [3.63, 3.8) is 0 Å². The predicted molar refractivity (Wildman–Crippen MR) is 54.3 cm³/mol. The normalized spacial score (nSPS) is 9.07. The number of nitrogens with two attached hydrogens (primary N) is 1. The van der Waals surface area contributed by atoms with Crippen molar-refractivity contribution < 1.29 is 9.13 Å². The topological polar surface area (TPSA) is 71.3 Å². The minimum Gasteiger partial charge on any atom is -0.494 e. The van der Waals surface area contributed by atoms with Crippen LogP contribution in [0.1, 0.15) is 0 Å². The minimum absolute atomic E-state index is 0. The molecule has 5 nitrogen and oxygen atoms in total. The molecule has 0 atom stereocenters. The molecule has 5 N–H and O–H groups in total. The minimum atomic E-state index is -0.409. The molecular formula is C7H12ClFN4O. The highest BCUT2D eigenvalue weighted by atomic mass is 35.5. The summed E-state index contributed by atoms with van der Waals surface area (Å²) >= 11 is 0. The predicted octanol–water partition coefficient (Wildman–Crippen LogP) is 0.551. The van der Waals surface area contributed by atoms with Gasteiger partial charge < -0.3 is 10.2 Å². The number of hydrogen-bond donors (Lipinski definition) is 4. The van der Waals surface area contributed by atoms with Gasteiger partial charge in [-0.15, -0.1) is 12.4 Å². The highest BCUT2D eigenvalue weighted by Gasteiger charge is 2.01. The second-order valence-electron chi connectivity index (χ2n) is 2.24. The van der Waals surface area contributed by atoms with Crippen LogP contribution in [0.3, 0.4) is 0 Å². The van der Waals surface area contributed by atoms with Crippen molar-refractivity contribution in [2.24, 2.45) is 5.84 Å². The number of hydrogen-bond acceptors (Lipinski definition) is 5. The van der Waals surface area contributed by atoms with Gasteiger partial charge in [-0.25, -0.2) is 4.39 Å². The van der Waals surface area contributed by atoms with Crippen molar-refractivity contribution in [2.75, 3.05) is 12.5 Å². The van der Waals surface area contributed by atoms with Crippen molar-refractivity contribution in [1.82, 2.24) is 11.1 Å². The number of ether oxygens (including phenoxy) is 1. The second kappa shape index (κ2) is 6.39. The number of halogens is 2. The maximum atomic E-state index is 12.9. The first-order valence-electron chi connectivity index (χ1n) is 3.58. The molecule has 0 radical (unpaired) electrons. The highest BCUT2D eigenvalue weighted by molar-refractivity contribution is 5.85. The van der Waals surface area contributed by atoms with E-state index in [9.17, 15) is 4.39 Å². The Kier molecular flexibility index (Phi) is 5.89. The van der Waals surface area contributed by atoms with Crippen LogP contribution in [0.5, 0.6) is 5.75 Å². The lowest BCUT2D eigenvalue weighted by molar-refractivity contribution is 0.386. The van der Waals surface area contributed by atoms with Crippen LogP contribution in [0.4, 0.5) is 10.1 Å². The molecule has 0 heterocycles. The molecule has 0 amide bonds. The van der Waals surface area contributed by atoms with Crippen LogP contribution >= 0.6 is 12.4 Å². The van der Waals surface area contributed by atoms with Gasteiger partial charge in [0.1, 0.15) is 0 Å². The fourth-order valence-corrected chi connectivity index (χ4v) is 0.846. The summed E-state index contributed by atoms with van der Waals surface area (Å²) in [5.74, 6) is 4.71.